The predicted octanol–water partition coefficient (Wildman–Crippen LogP) is 3.27. The van der Waals surface area contributed by atoms with Crippen LogP contribution in [0.5, 0.6) is 0 Å². The van der Waals surface area contributed by atoms with Crippen LogP contribution in [0.3, 0.4) is 0 Å². The van der Waals surface area contributed by atoms with Crippen molar-refractivity contribution in [1.29, 1.82) is 0 Å². The molecule has 0 saturated carbocycles. The van der Waals surface area contributed by atoms with Gasteiger partial charge in [0.05, 0.1) is 5.52 Å². The van der Waals surface area contributed by atoms with Crippen molar-refractivity contribution in [3.05, 3.63) is 28.4 Å². The maximum Gasteiger partial charge on any atom is 0.280 e. The molecular weight excluding hydrogens is 254 g/mol. The maximum atomic E-state index is 12.6. The summed E-state index contributed by atoms with van der Waals surface area (Å²) in [5.41, 5.74) is 0.548. The number of hydrogen-bond donors (Lipinski definition) is 0. The molecule has 1 aromatic heterocycles. The molecule has 74 valence electrons. The third-order valence-corrected chi connectivity index (χ3v) is 2.54. The van der Waals surface area contributed by atoms with Gasteiger partial charge in [0.15, 0.2) is 0 Å². The molecule has 0 N–H and O–H groups in total. The molecule has 14 heavy (non-hydrogen) atoms. The highest BCUT2D eigenvalue weighted by atomic mass is 79.9. The molecule has 0 fully saturated rings. The molecule has 0 amide bonds. The van der Waals surface area contributed by atoms with Crippen molar-refractivity contribution >= 4 is 26.8 Å². The Labute approximate surface area is 87.6 Å². The first-order valence-corrected chi connectivity index (χ1v) is 4.79. The topological polar surface area (TPSA) is 17.8 Å². The van der Waals surface area contributed by atoms with Gasteiger partial charge in [-0.15, -0.1) is 0 Å². The van der Waals surface area contributed by atoms with Crippen LogP contribution in [0.15, 0.2) is 22.7 Å². The normalized spacial score (nSPS) is 11.5. The van der Waals surface area contributed by atoms with Gasteiger partial charge in [-0.05, 0) is 18.2 Å². The average Bonchev–Trinajstić information content (AvgIpc) is 2.40. The number of alkyl halides is 2. The standard InChI is InChI=1S/C9H7BrF2N2/c1-14-8(9(11)12)6-4-5(10)2-3-7(6)13-14/h2-4,9H,1H3. The quantitative estimate of drug-likeness (QED) is 0.770. The molecule has 5 heteroatoms. The minimum absolute atomic E-state index is 0.0405. The molecule has 1 heterocycles. The van der Waals surface area contributed by atoms with Gasteiger partial charge in [0.2, 0.25) is 0 Å². The van der Waals surface area contributed by atoms with E-state index in [4.69, 9.17) is 0 Å². The first-order valence-electron chi connectivity index (χ1n) is 4.00. The summed E-state index contributed by atoms with van der Waals surface area (Å²) in [6, 6.07) is 5.15. The van der Waals surface area contributed by atoms with Gasteiger partial charge in [0, 0.05) is 16.9 Å². The van der Waals surface area contributed by atoms with Crippen LogP contribution in [0.25, 0.3) is 10.9 Å². The van der Waals surface area contributed by atoms with Gasteiger partial charge in [-0.2, -0.15) is 5.10 Å². The van der Waals surface area contributed by atoms with Crippen LogP contribution < -0.4 is 0 Å². The lowest BCUT2D eigenvalue weighted by Gasteiger charge is -1.99. The number of fused-ring (bicyclic) bond motifs is 1. The molecule has 0 aliphatic rings. The van der Waals surface area contributed by atoms with Gasteiger partial charge in [-0.25, -0.2) is 8.78 Å². The van der Waals surface area contributed by atoms with E-state index in [1.165, 1.54) is 11.7 Å². The van der Waals surface area contributed by atoms with E-state index in [-0.39, 0.29) is 5.69 Å². The van der Waals surface area contributed by atoms with Gasteiger partial charge in [0.1, 0.15) is 5.69 Å². The number of aryl methyl sites for hydroxylation is 1. The Morgan fingerprint density at radius 1 is 1.43 bits per heavy atom. The lowest BCUT2D eigenvalue weighted by molar-refractivity contribution is 0.142. The summed E-state index contributed by atoms with van der Waals surface area (Å²) in [6.07, 6.45) is -2.50. The molecule has 0 spiro atoms. The Morgan fingerprint density at radius 3 is 2.79 bits per heavy atom. The van der Waals surface area contributed by atoms with Crippen molar-refractivity contribution in [1.82, 2.24) is 9.78 Å². The number of nitrogens with zero attached hydrogens (tertiary/aromatic N) is 2. The number of benzene rings is 1. The van der Waals surface area contributed by atoms with Crippen LogP contribution in [-0.4, -0.2) is 9.78 Å². The zero-order valence-corrected chi connectivity index (χ0v) is 8.92. The lowest BCUT2D eigenvalue weighted by Crippen LogP contribution is -1.97. The van der Waals surface area contributed by atoms with E-state index in [2.05, 4.69) is 21.0 Å². The number of aromatic nitrogens is 2. The van der Waals surface area contributed by atoms with Gasteiger partial charge >= 0.3 is 0 Å². The predicted molar refractivity (Wildman–Crippen MR) is 53.4 cm³/mol. The van der Waals surface area contributed by atoms with Crippen molar-refractivity contribution in [3.8, 4) is 0 Å². The van der Waals surface area contributed by atoms with Gasteiger partial charge in [0.25, 0.3) is 6.43 Å². The molecule has 1 aromatic carbocycles. The minimum atomic E-state index is -2.50. The van der Waals surface area contributed by atoms with Crippen molar-refractivity contribution in [2.45, 2.75) is 6.43 Å². The molecule has 2 aromatic rings. The molecule has 0 aliphatic carbocycles. The van der Waals surface area contributed by atoms with Gasteiger partial charge in [-0.1, -0.05) is 15.9 Å². The first-order chi connectivity index (χ1) is 6.59. The molecule has 0 saturated heterocycles. The summed E-state index contributed by atoms with van der Waals surface area (Å²) in [5, 5.41) is 4.49. The monoisotopic (exact) mass is 260 g/mol. The summed E-state index contributed by atoms with van der Waals surface area (Å²) >= 11 is 3.24. The Bertz CT molecular complexity index is 479. The van der Waals surface area contributed by atoms with E-state index >= 15 is 0 Å². The Morgan fingerprint density at radius 2 is 2.14 bits per heavy atom. The second kappa shape index (κ2) is 3.31. The largest absolute Gasteiger partial charge is 0.280 e. The van der Waals surface area contributed by atoms with Crippen LogP contribution in [0.1, 0.15) is 12.1 Å². The van der Waals surface area contributed by atoms with Crippen LogP contribution in [0.4, 0.5) is 8.78 Å². The third-order valence-electron chi connectivity index (χ3n) is 2.05. The van der Waals surface area contributed by atoms with Gasteiger partial charge < -0.3 is 0 Å². The zero-order chi connectivity index (χ0) is 10.3. The number of rotatable bonds is 1. The summed E-state index contributed by atoms with van der Waals surface area (Å²) in [7, 11) is 1.52. The van der Waals surface area contributed by atoms with Crippen LogP contribution in [0.2, 0.25) is 0 Å². The highest BCUT2D eigenvalue weighted by Crippen LogP contribution is 2.29. The van der Waals surface area contributed by atoms with Crippen molar-refractivity contribution < 1.29 is 8.78 Å². The zero-order valence-electron chi connectivity index (χ0n) is 7.34. The number of hydrogen-bond acceptors (Lipinski definition) is 1. The Hall–Kier alpha value is -0.970. The van der Waals surface area contributed by atoms with E-state index in [0.29, 0.717) is 10.9 Å². The van der Waals surface area contributed by atoms with E-state index in [0.717, 1.165) is 4.47 Å². The van der Waals surface area contributed by atoms with E-state index in [9.17, 15) is 8.78 Å². The van der Waals surface area contributed by atoms with E-state index < -0.39 is 6.43 Å². The SMILES string of the molecule is Cn1nc2ccc(Br)cc2c1C(F)F. The Balaban J connectivity index is 2.79. The second-order valence-corrected chi connectivity index (χ2v) is 3.89. The molecule has 0 atom stereocenters. The average molecular weight is 261 g/mol. The van der Waals surface area contributed by atoms with Gasteiger partial charge in [-0.3, -0.25) is 4.68 Å². The molecule has 0 unspecified atom stereocenters. The minimum Gasteiger partial charge on any atom is -0.266 e. The summed E-state index contributed by atoms with van der Waals surface area (Å²) < 4.78 is 27.3. The summed E-state index contributed by atoms with van der Waals surface area (Å²) in [4.78, 5) is 0. The smallest absolute Gasteiger partial charge is 0.266 e. The molecule has 2 rings (SSSR count). The fourth-order valence-corrected chi connectivity index (χ4v) is 1.81. The number of halogens is 3. The third kappa shape index (κ3) is 1.41. The first kappa shape index (κ1) is 9.58. The molecule has 2 nitrogen and oxygen atoms in total. The molecule has 0 aliphatic heterocycles. The lowest BCUT2D eigenvalue weighted by atomic mass is 10.2. The van der Waals surface area contributed by atoms with Crippen LogP contribution in [-0.2, 0) is 7.05 Å². The highest BCUT2D eigenvalue weighted by molar-refractivity contribution is 9.10. The van der Waals surface area contributed by atoms with Crippen molar-refractivity contribution in [2.24, 2.45) is 7.05 Å². The summed E-state index contributed by atoms with van der Waals surface area (Å²) in [6.45, 7) is 0. The summed E-state index contributed by atoms with van der Waals surface area (Å²) in [5.74, 6) is 0. The highest BCUT2D eigenvalue weighted by Gasteiger charge is 2.17. The molecule has 0 radical (unpaired) electrons. The van der Waals surface area contributed by atoms with E-state index in [1.54, 1.807) is 18.2 Å². The fraction of sp³-hybridized carbons (Fsp3) is 0.222. The van der Waals surface area contributed by atoms with Crippen LogP contribution in [0, 0.1) is 0 Å². The van der Waals surface area contributed by atoms with Crippen molar-refractivity contribution in [2.75, 3.05) is 0 Å². The molecular formula is C9H7BrF2N2. The molecule has 0 bridgehead atoms. The van der Waals surface area contributed by atoms with Crippen molar-refractivity contribution in [3.63, 3.8) is 0 Å². The van der Waals surface area contributed by atoms with E-state index in [1.807, 2.05) is 0 Å². The second-order valence-electron chi connectivity index (χ2n) is 2.97. The maximum absolute atomic E-state index is 12.6. The Kier molecular flexibility index (Phi) is 2.26. The fourth-order valence-electron chi connectivity index (χ4n) is 1.45. The van der Waals surface area contributed by atoms with Crippen LogP contribution >= 0.6 is 15.9 Å².